The fraction of sp³-hybridized carbons (Fsp3) is 0.500. The quantitative estimate of drug-likeness (QED) is 0.794. The van der Waals surface area contributed by atoms with Crippen LogP contribution in [0.3, 0.4) is 0 Å². The summed E-state index contributed by atoms with van der Waals surface area (Å²) in [6, 6.07) is -0.144. The van der Waals surface area contributed by atoms with Crippen LogP contribution in [0.4, 0.5) is 22.0 Å². The Morgan fingerprint density at radius 1 is 1.35 bits per heavy atom. The lowest BCUT2D eigenvalue weighted by Gasteiger charge is -2.20. The van der Waals surface area contributed by atoms with Gasteiger partial charge in [0.25, 0.3) is 5.91 Å². The Morgan fingerprint density at radius 3 is 2.48 bits per heavy atom. The summed E-state index contributed by atoms with van der Waals surface area (Å²) < 4.78 is 65.4. The van der Waals surface area contributed by atoms with Crippen LogP contribution in [0.2, 0.25) is 5.02 Å². The number of hydrogen-bond donors (Lipinski definition) is 2. The molecule has 0 unspecified atom stereocenters. The predicted molar refractivity (Wildman–Crippen MR) is 74.8 cm³/mol. The van der Waals surface area contributed by atoms with E-state index in [0.717, 1.165) is 0 Å². The van der Waals surface area contributed by atoms with E-state index in [9.17, 15) is 26.7 Å². The average molecular weight is 380 g/mol. The number of nitrogens with one attached hydrogen (secondary N) is 2. The van der Waals surface area contributed by atoms with Crippen molar-refractivity contribution in [3.05, 3.63) is 28.5 Å². The zero-order chi connectivity index (χ0) is 16.5. The number of halogens is 7. The Hall–Kier alpha value is -1.19. The number of carbonyl (C=O) groups excluding carboxylic acids is 1. The van der Waals surface area contributed by atoms with Crippen LogP contribution >= 0.6 is 24.0 Å². The van der Waals surface area contributed by atoms with E-state index in [2.05, 4.69) is 15.6 Å². The maximum atomic E-state index is 14.0. The minimum Gasteiger partial charge on any atom is -0.346 e. The molecule has 0 radical (unpaired) electrons. The van der Waals surface area contributed by atoms with Crippen LogP contribution in [0.15, 0.2) is 12.3 Å². The van der Waals surface area contributed by atoms with Crippen LogP contribution in [0.25, 0.3) is 0 Å². The molecule has 130 valence electrons. The minimum absolute atomic E-state index is 0. The highest BCUT2D eigenvalue weighted by atomic mass is 35.5. The zero-order valence-corrected chi connectivity index (χ0v) is 13.0. The molecule has 0 aliphatic carbocycles. The van der Waals surface area contributed by atoms with E-state index in [-0.39, 0.29) is 18.6 Å². The van der Waals surface area contributed by atoms with Crippen LogP contribution in [0.5, 0.6) is 0 Å². The predicted octanol–water partition coefficient (Wildman–Crippen LogP) is 2.75. The second kappa shape index (κ2) is 7.14. The number of nitrogens with zero attached hydrogens (tertiary/aromatic N) is 1. The lowest BCUT2D eigenvalue weighted by Crippen LogP contribution is -2.45. The van der Waals surface area contributed by atoms with Crippen molar-refractivity contribution in [3.63, 3.8) is 0 Å². The van der Waals surface area contributed by atoms with Crippen molar-refractivity contribution in [2.75, 3.05) is 13.1 Å². The van der Waals surface area contributed by atoms with Gasteiger partial charge in [-0.05, 0) is 19.0 Å². The molecular weight excluding hydrogens is 368 g/mol. The molecule has 1 atom stereocenters. The topological polar surface area (TPSA) is 54.0 Å². The molecule has 1 aliphatic heterocycles. The molecule has 0 bridgehead atoms. The van der Waals surface area contributed by atoms with E-state index in [1.54, 1.807) is 0 Å². The Kier molecular flexibility index (Phi) is 6.17. The number of pyridine rings is 1. The molecule has 1 aromatic rings. The lowest BCUT2D eigenvalue weighted by molar-refractivity contribution is -0.148. The average Bonchev–Trinajstić information content (AvgIpc) is 2.90. The first-order valence-electron chi connectivity index (χ1n) is 6.25. The van der Waals surface area contributed by atoms with E-state index in [1.165, 1.54) is 0 Å². The van der Waals surface area contributed by atoms with Crippen LogP contribution in [-0.4, -0.2) is 30.0 Å². The standard InChI is InChI=1S/C12H11ClF5N3O.ClH/c13-8-3-6(12(16,17)18)4-20-9(8)11(14,15)10(22)21-7-1-2-19-5-7;/h3-4,7,19H,1-2,5H2,(H,21,22);1H/t7-;/m0./s1. The smallest absolute Gasteiger partial charge is 0.346 e. The van der Waals surface area contributed by atoms with Gasteiger partial charge in [-0.1, -0.05) is 11.6 Å². The second-order valence-electron chi connectivity index (χ2n) is 4.79. The van der Waals surface area contributed by atoms with Gasteiger partial charge in [-0.25, -0.2) is 0 Å². The third-order valence-corrected chi connectivity index (χ3v) is 3.43. The highest BCUT2D eigenvalue weighted by molar-refractivity contribution is 6.31. The van der Waals surface area contributed by atoms with E-state index in [0.29, 0.717) is 25.6 Å². The van der Waals surface area contributed by atoms with Gasteiger partial charge >= 0.3 is 12.1 Å². The van der Waals surface area contributed by atoms with E-state index < -0.39 is 40.3 Å². The van der Waals surface area contributed by atoms with Crippen LogP contribution in [0.1, 0.15) is 17.7 Å². The molecule has 1 amide bonds. The van der Waals surface area contributed by atoms with Crippen LogP contribution in [0, 0.1) is 0 Å². The van der Waals surface area contributed by atoms with Gasteiger partial charge in [-0.15, -0.1) is 12.4 Å². The number of hydrogen-bond acceptors (Lipinski definition) is 3. The fourth-order valence-electron chi connectivity index (χ4n) is 1.99. The highest BCUT2D eigenvalue weighted by Crippen LogP contribution is 2.36. The fourth-order valence-corrected chi connectivity index (χ4v) is 2.27. The van der Waals surface area contributed by atoms with Crippen LogP contribution < -0.4 is 10.6 Å². The summed E-state index contributed by atoms with van der Waals surface area (Å²) in [5, 5.41) is 4.08. The maximum Gasteiger partial charge on any atom is 0.417 e. The van der Waals surface area contributed by atoms with Crippen molar-refractivity contribution in [3.8, 4) is 0 Å². The van der Waals surface area contributed by atoms with Gasteiger partial charge in [0, 0.05) is 18.8 Å². The summed E-state index contributed by atoms with van der Waals surface area (Å²) in [6.07, 6.45) is -4.06. The normalized spacial score (nSPS) is 18.4. The molecule has 4 nitrogen and oxygen atoms in total. The van der Waals surface area contributed by atoms with Gasteiger partial charge in [0.2, 0.25) is 0 Å². The van der Waals surface area contributed by atoms with Crippen molar-refractivity contribution >= 4 is 29.9 Å². The van der Waals surface area contributed by atoms with Crippen molar-refractivity contribution in [1.29, 1.82) is 0 Å². The Labute approximate surface area is 139 Å². The molecule has 1 fully saturated rings. The highest BCUT2D eigenvalue weighted by Gasteiger charge is 2.46. The molecular formula is C12H12Cl2F5N3O. The molecule has 23 heavy (non-hydrogen) atoms. The molecule has 2 N–H and O–H groups in total. The molecule has 11 heteroatoms. The molecule has 1 aliphatic rings. The number of amides is 1. The molecule has 1 aromatic heterocycles. The van der Waals surface area contributed by atoms with Gasteiger partial charge < -0.3 is 10.6 Å². The first-order valence-corrected chi connectivity index (χ1v) is 6.63. The summed E-state index contributed by atoms with van der Waals surface area (Å²) >= 11 is 5.45. The number of rotatable bonds is 3. The number of aromatic nitrogens is 1. The third kappa shape index (κ3) is 4.42. The van der Waals surface area contributed by atoms with Crippen molar-refractivity contribution in [2.45, 2.75) is 24.6 Å². The SMILES string of the molecule is Cl.O=C(N[C@H]1CCNC1)C(F)(F)c1ncc(C(F)(F)F)cc1Cl. The molecule has 1 saturated heterocycles. The Balaban J connectivity index is 0.00000264. The number of carbonyl (C=O) groups is 1. The van der Waals surface area contributed by atoms with Gasteiger partial charge in [0.05, 0.1) is 10.6 Å². The summed E-state index contributed by atoms with van der Waals surface area (Å²) in [5.74, 6) is -5.76. The lowest BCUT2D eigenvalue weighted by atomic mass is 10.1. The van der Waals surface area contributed by atoms with E-state index in [1.807, 2.05) is 0 Å². The van der Waals surface area contributed by atoms with E-state index >= 15 is 0 Å². The van der Waals surface area contributed by atoms with Crippen LogP contribution in [-0.2, 0) is 16.9 Å². The van der Waals surface area contributed by atoms with Crippen molar-refractivity contribution in [1.82, 2.24) is 15.6 Å². The van der Waals surface area contributed by atoms with Crippen molar-refractivity contribution in [2.24, 2.45) is 0 Å². The molecule has 0 saturated carbocycles. The molecule has 2 rings (SSSR count). The van der Waals surface area contributed by atoms with Crippen molar-refractivity contribution < 1.29 is 26.7 Å². The maximum absolute atomic E-state index is 14.0. The van der Waals surface area contributed by atoms with E-state index in [4.69, 9.17) is 11.6 Å². The first-order chi connectivity index (χ1) is 10.1. The third-order valence-electron chi connectivity index (χ3n) is 3.15. The monoisotopic (exact) mass is 379 g/mol. The minimum atomic E-state index is -4.76. The Bertz CT molecular complexity index is 576. The summed E-state index contributed by atoms with van der Waals surface area (Å²) in [5.41, 5.74) is -2.47. The largest absolute Gasteiger partial charge is 0.417 e. The molecule has 0 spiro atoms. The van der Waals surface area contributed by atoms with Gasteiger partial charge in [-0.2, -0.15) is 22.0 Å². The van der Waals surface area contributed by atoms with Gasteiger partial charge in [-0.3, -0.25) is 9.78 Å². The number of alkyl halides is 5. The summed E-state index contributed by atoms with van der Waals surface area (Å²) in [4.78, 5) is 14.7. The second-order valence-corrected chi connectivity index (χ2v) is 5.20. The first kappa shape index (κ1) is 19.9. The Morgan fingerprint density at radius 2 is 2.00 bits per heavy atom. The van der Waals surface area contributed by atoms with Gasteiger partial charge in [0.15, 0.2) is 0 Å². The summed E-state index contributed by atoms with van der Waals surface area (Å²) in [7, 11) is 0. The molecule has 2 heterocycles. The molecule has 0 aromatic carbocycles. The zero-order valence-electron chi connectivity index (χ0n) is 11.4. The summed E-state index contributed by atoms with van der Waals surface area (Å²) in [6.45, 7) is 0.922. The van der Waals surface area contributed by atoms with Gasteiger partial charge in [0.1, 0.15) is 5.69 Å².